The summed E-state index contributed by atoms with van der Waals surface area (Å²) in [5, 5.41) is 1.27. The summed E-state index contributed by atoms with van der Waals surface area (Å²) >= 11 is 6.41. The van der Waals surface area contributed by atoms with Crippen molar-refractivity contribution in [1.82, 2.24) is 14.8 Å². The minimum absolute atomic E-state index is 0.138. The van der Waals surface area contributed by atoms with E-state index >= 15 is 0 Å². The number of hydrogen-bond donors (Lipinski definition) is 2. The maximum Gasteiger partial charge on any atom is 0.260 e. The van der Waals surface area contributed by atoms with Crippen LogP contribution in [0.1, 0.15) is 17.2 Å². The summed E-state index contributed by atoms with van der Waals surface area (Å²) in [5.74, 6) is 0. The molecule has 7 nitrogen and oxygen atoms in total. The lowest BCUT2D eigenvalue weighted by molar-refractivity contribution is 0.348. The molecular weight excluding hydrogens is 556 g/mol. The highest BCUT2D eigenvalue weighted by atomic mass is 35.5. The number of aromatic amines is 1. The number of aromatic nitrogens is 1. The van der Waals surface area contributed by atoms with Crippen molar-refractivity contribution in [3.8, 4) is 11.1 Å². The molecule has 41 heavy (non-hydrogen) atoms. The molecule has 1 atom stereocenters. The van der Waals surface area contributed by atoms with Crippen molar-refractivity contribution in [2.24, 2.45) is 0 Å². The molecule has 1 aliphatic rings. The lowest BCUT2D eigenvalue weighted by atomic mass is 9.94. The molecule has 0 fully saturated rings. The van der Waals surface area contributed by atoms with Crippen molar-refractivity contribution in [1.29, 1.82) is 0 Å². The Morgan fingerprint density at radius 2 is 1.49 bits per heavy atom. The van der Waals surface area contributed by atoms with Gasteiger partial charge in [-0.15, -0.1) is 4.41 Å². The van der Waals surface area contributed by atoms with Gasteiger partial charge in [-0.05, 0) is 59.7 Å². The molecule has 0 radical (unpaired) electrons. The highest BCUT2D eigenvalue weighted by Crippen LogP contribution is 2.39. The monoisotopic (exact) mass is 582 g/mol. The number of anilines is 1. The Hall–Kier alpha value is -4.37. The van der Waals surface area contributed by atoms with E-state index in [1.165, 1.54) is 4.41 Å². The SMILES string of the molecule is CN(C)c1ccc([C@H]2C=C(c3c(-c4ccccc4)c4cc(Cl)ccc4[nH]c3=O)NN2S(=O)(=O)c2ccccc2)cc1. The standard InChI is InChI=1S/C32H27ClN4O3S/c1-36(2)24-16-13-21(14-17-24)29-20-28(35-37(29)41(39,40)25-11-7-4-8-12-25)31-30(22-9-5-3-6-10-22)26-19-23(33)15-18-27(26)34-32(31)38/h3-20,29,35H,1-2H3,(H,34,38)/t29-/m1/s1. The Bertz CT molecular complexity index is 1940. The number of nitrogens with one attached hydrogen (secondary N) is 2. The van der Waals surface area contributed by atoms with Gasteiger partial charge in [0.05, 0.1) is 22.2 Å². The van der Waals surface area contributed by atoms with Gasteiger partial charge in [0.1, 0.15) is 0 Å². The largest absolute Gasteiger partial charge is 0.378 e. The van der Waals surface area contributed by atoms with Crippen LogP contribution in [0.15, 0.2) is 119 Å². The topological polar surface area (TPSA) is 85.5 Å². The molecule has 206 valence electrons. The van der Waals surface area contributed by atoms with E-state index in [2.05, 4.69) is 10.4 Å². The molecule has 2 heterocycles. The summed E-state index contributed by atoms with van der Waals surface area (Å²) in [6, 6.07) is 30.1. The van der Waals surface area contributed by atoms with Crippen LogP contribution in [-0.2, 0) is 10.0 Å². The van der Waals surface area contributed by atoms with Crippen LogP contribution in [0.25, 0.3) is 27.7 Å². The first-order chi connectivity index (χ1) is 19.7. The van der Waals surface area contributed by atoms with Gasteiger partial charge in [-0.2, -0.15) is 0 Å². The third kappa shape index (κ3) is 4.91. The molecule has 1 aromatic heterocycles. The number of nitrogens with zero attached hydrogens (tertiary/aromatic N) is 2. The number of hydrazine groups is 1. The van der Waals surface area contributed by atoms with Crippen molar-refractivity contribution in [3.63, 3.8) is 0 Å². The van der Waals surface area contributed by atoms with E-state index in [0.29, 0.717) is 27.4 Å². The fourth-order valence-corrected chi connectivity index (χ4v) is 6.73. The molecule has 0 saturated carbocycles. The molecule has 0 aliphatic carbocycles. The van der Waals surface area contributed by atoms with Crippen LogP contribution in [0.4, 0.5) is 5.69 Å². The normalized spacial score (nSPS) is 15.5. The van der Waals surface area contributed by atoms with Crippen molar-refractivity contribution in [2.75, 3.05) is 19.0 Å². The molecule has 9 heteroatoms. The zero-order chi connectivity index (χ0) is 28.7. The van der Waals surface area contributed by atoms with Crippen LogP contribution in [0.5, 0.6) is 0 Å². The Kier molecular flexibility index (Phi) is 6.91. The quantitative estimate of drug-likeness (QED) is 0.249. The maximum absolute atomic E-state index is 14.0. The van der Waals surface area contributed by atoms with Gasteiger partial charge < -0.3 is 15.3 Å². The molecule has 0 bridgehead atoms. The van der Waals surface area contributed by atoms with Crippen molar-refractivity contribution >= 4 is 43.9 Å². The number of rotatable bonds is 6. The predicted molar refractivity (Wildman–Crippen MR) is 165 cm³/mol. The van der Waals surface area contributed by atoms with Gasteiger partial charge in [0.2, 0.25) is 0 Å². The van der Waals surface area contributed by atoms with Crippen LogP contribution in [-0.4, -0.2) is 31.9 Å². The third-order valence-electron chi connectivity index (χ3n) is 7.17. The van der Waals surface area contributed by atoms with Gasteiger partial charge >= 0.3 is 0 Å². The van der Waals surface area contributed by atoms with Gasteiger partial charge in [0, 0.05) is 41.3 Å². The van der Waals surface area contributed by atoms with Crippen molar-refractivity contribution in [3.05, 3.63) is 136 Å². The molecule has 0 unspecified atom stereocenters. The molecule has 0 amide bonds. The number of fused-ring (bicyclic) bond motifs is 1. The van der Waals surface area contributed by atoms with E-state index in [9.17, 15) is 13.2 Å². The van der Waals surface area contributed by atoms with Crippen molar-refractivity contribution < 1.29 is 8.42 Å². The van der Waals surface area contributed by atoms with E-state index in [0.717, 1.165) is 22.2 Å². The molecule has 0 spiro atoms. The van der Waals surface area contributed by atoms with Crippen LogP contribution in [0.3, 0.4) is 0 Å². The number of H-pyrrole nitrogens is 1. The van der Waals surface area contributed by atoms with E-state index in [1.54, 1.807) is 48.5 Å². The lowest BCUT2D eigenvalue weighted by Gasteiger charge is -2.25. The Labute approximate surface area is 243 Å². The lowest BCUT2D eigenvalue weighted by Crippen LogP contribution is -2.40. The average Bonchev–Trinajstić information content (AvgIpc) is 3.44. The third-order valence-corrected chi connectivity index (χ3v) is 9.11. The highest BCUT2D eigenvalue weighted by molar-refractivity contribution is 7.89. The Balaban J connectivity index is 1.58. The first-order valence-electron chi connectivity index (χ1n) is 13.0. The Morgan fingerprint density at radius 3 is 2.15 bits per heavy atom. The summed E-state index contributed by atoms with van der Waals surface area (Å²) in [5.41, 5.74) is 7.29. The summed E-state index contributed by atoms with van der Waals surface area (Å²) in [6.07, 6.45) is 1.79. The van der Waals surface area contributed by atoms with Crippen LogP contribution < -0.4 is 15.9 Å². The molecule has 5 aromatic rings. The van der Waals surface area contributed by atoms with Crippen molar-refractivity contribution in [2.45, 2.75) is 10.9 Å². The minimum Gasteiger partial charge on any atom is -0.378 e. The van der Waals surface area contributed by atoms with Crippen LogP contribution in [0, 0.1) is 0 Å². The van der Waals surface area contributed by atoms with Crippen LogP contribution >= 0.6 is 11.6 Å². The second kappa shape index (κ2) is 10.6. The van der Waals surface area contributed by atoms with Gasteiger partial charge in [0.15, 0.2) is 0 Å². The van der Waals surface area contributed by atoms with Gasteiger partial charge in [-0.3, -0.25) is 4.79 Å². The maximum atomic E-state index is 14.0. The van der Waals surface area contributed by atoms with E-state index < -0.39 is 16.1 Å². The second-order valence-electron chi connectivity index (χ2n) is 10.00. The molecule has 4 aromatic carbocycles. The summed E-state index contributed by atoms with van der Waals surface area (Å²) in [7, 11) is -0.128. The molecule has 0 saturated heterocycles. The van der Waals surface area contributed by atoms with Gasteiger partial charge in [-0.1, -0.05) is 72.3 Å². The molecular formula is C32H27ClN4O3S. The smallest absolute Gasteiger partial charge is 0.260 e. The second-order valence-corrected chi connectivity index (χ2v) is 12.2. The fourth-order valence-electron chi connectivity index (χ4n) is 5.13. The first kappa shape index (κ1) is 26.8. The minimum atomic E-state index is -4.02. The van der Waals surface area contributed by atoms with E-state index in [4.69, 9.17) is 11.6 Å². The molecule has 2 N–H and O–H groups in total. The number of sulfonamides is 1. The number of benzene rings is 4. The number of hydrogen-bond acceptors (Lipinski definition) is 5. The van der Waals surface area contributed by atoms with E-state index in [-0.39, 0.29) is 10.5 Å². The van der Waals surface area contributed by atoms with Gasteiger partial charge in [-0.25, -0.2) is 8.42 Å². The average molecular weight is 583 g/mol. The highest BCUT2D eigenvalue weighted by Gasteiger charge is 2.38. The molecule has 1 aliphatic heterocycles. The summed E-state index contributed by atoms with van der Waals surface area (Å²) < 4.78 is 29.2. The van der Waals surface area contributed by atoms with Crippen LogP contribution in [0.2, 0.25) is 5.02 Å². The number of halogens is 1. The molecule has 6 rings (SSSR count). The summed E-state index contributed by atoms with van der Waals surface area (Å²) in [6.45, 7) is 0. The van der Waals surface area contributed by atoms with E-state index in [1.807, 2.05) is 79.7 Å². The number of pyridine rings is 1. The predicted octanol–water partition coefficient (Wildman–Crippen LogP) is 6.21. The zero-order valence-electron chi connectivity index (χ0n) is 22.4. The zero-order valence-corrected chi connectivity index (χ0v) is 23.9. The summed E-state index contributed by atoms with van der Waals surface area (Å²) in [4.78, 5) is 18.8. The van der Waals surface area contributed by atoms with Gasteiger partial charge in [0.25, 0.3) is 15.6 Å². The first-order valence-corrected chi connectivity index (χ1v) is 14.8. The Morgan fingerprint density at radius 1 is 0.829 bits per heavy atom. The fraction of sp³-hybridized carbons (Fsp3) is 0.0938.